The van der Waals surface area contributed by atoms with Gasteiger partial charge in [0, 0.05) is 24.3 Å². The molecule has 0 radical (unpaired) electrons. The van der Waals surface area contributed by atoms with Crippen LogP contribution in [0.5, 0.6) is 0 Å². The Labute approximate surface area is 134 Å². The van der Waals surface area contributed by atoms with Gasteiger partial charge in [-0.25, -0.2) is 0 Å². The molecule has 5 nitrogen and oxygen atoms in total. The molecule has 2 rings (SSSR count). The van der Waals surface area contributed by atoms with Crippen molar-refractivity contribution in [3.63, 3.8) is 0 Å². The van der Waals surface area contributed by atoms with Crippen molar-refractivity contribution in [3.8, 4) is 0 Å². The molecule has 0 fully saturated rings. The topological polar surface area (TPSA) is 47.7 Å². The minimum atomic E-state index is 0.745. The van der Waals surface area contributed by atoms with E-state index in [0.29, 0.717) is 0 Å². The number of aryl methyl sites for hydroxylation is 2. The zero-order valence-corrected chi connectivity index (χ0v) is 14.9. The van der Waals surface area contributed by atoms with Crippen LogP contribution < -0.4 is 5.32 Å². The number of hydrogen-bond donors (Lipinski definition) is 1. The van der Waals surface area contributed by atoms with E-state index in [9.17, 15) is 0 Å². The molecule has 6 heteroatoms. The van der Waals surface area contributed by atoms with Crippen LogP contribution in [0.2, 0.25) is 0 Å². The Bertz CT molecular complexity index is 599. The van der Waals surface area contributed by atoms with Crippen molar-refractivity contribution < 1.29 is 0 Å². The molecular formula is C15H24BrN5. The van der Waals surface area contributed by atoms with E-state index in [1.807, 2.05) is 17.8 Å². The van der Waals surface area contributed by atoms with Crippen LogP contribution in [0, 0.1) is 13.8 Å². The van der Waals surface area contributed by atoms with Gasteiger partial charge in [-0.1, -0.05) is 6.92 Å². The monoisotopic (exact) mass is 353 g/mol. The summed E-state index contributed by atoms with van der Waals surface area (Å²) < 4.78 is 5.18. The molecule has 0 atom stereocenters. The third-order valence-electron chi connectivity index (χ3n) is 3.70. The zero-order valence-electron chi connectivity index (χ0n) is 13.3. The van der Waals surface area contributed by atoms with Gasteiger partial charge in [-0.05, 0) is 49.7 Å². The summed E-state index contributed by atoms with van der Waals surface area (Å²) in [6, 6.07) is 0. The van der Waals surface area contributed by atoms with Crippen LogP contribution >= 0.6 is 15.9 Å². The zero-order chi connectivity index (χ0) is 15.4. The van der Waals surface area contributed by atoms with E-state index in [2.05, 4.69) is 56.9 Å². The largest absolute Gasteiger partial charge is 0.313 e. The van der Waals surface area contributed by atoms with E-state index in [1.165, 1.54) is 17.0 Å². The van der Waals surface area contributed by atoms with Gasteiger partial charge in [0.15, 0.2) is 0 Å². The first kappa shape index (κ1) is 16.2. The molecule has 2 aromatic rings. The van der Waals surface area contributed by atoms with Crippen molar-refractivity contribution >= 4 is 15.9 Å². The molecule has 0 bridgehead atoms. The van der Waals surface area contributed by atoms with E-state index >= 15 is 0 Å². The van der Waals surface area contributed by atoms with Crippen molar-refractivity contribution in [1.82, 2.24) is 24.9 Å². The van der Waals surface area contributed by atoms with Crippen LogP contribution in [-0.2, 0) is 19.6 Å². The predicted octanol–water partition coefficient (Wildman–Crippen LogP) is 3.03. The van der Waals surface area contributed by atoms with Gasteiger partial charge >= 0.3 is 0 Å². The highest BCUT2D eigenvalue weighted by Gasteiger charge is 2.14. The highest BCUT2D eigenvalue weighted by atomic mass is 79.9. The number of halogens is 1. The molecule has 2 aromatic heterocycles. The molecule has 0 aliphatic rings. The molecule has 0 spiro atoms. The number of rotatable bonds is 7. The van der Waals surface area contributed by atoms with Gasteiger partial charge in [-0.2, -0.15) is 10.2 Å². The Morgan fingerprint density at radius 1 is 1.24 bits per heavy atom. The molecular weight excluding hydrogens is 330 g/mol. The van der Waals surface area contributed by atoms with Gasteiger partial charge in [0.1, 0.15) is 0 Å². The first-order valence-electron chi connectivity index (χ1n) is 7.52. The molecule has 1 N–H and O–H groups in total. The molecule has 0 aliphatic heterocycles. The average molecular weight is 354 g/mol. The maximum absolute atomic E-state index is 4.54. The third-order valence-corrected chi connectivity index (χ3v) is 4.73. The molecule has 0 aliphatic carbocycles. The minimum absolute atomic E-state index is 0.745. The lowest BCUT2D eigenvalue weighted by Gasteiger charge is -2.09. The van der Waals surface area contributed by atoms with Crippen molar-refractivity contribution in [2.75, 3.05) is 6.54 Å². The van der Waals surface area contributed by atoms with Crippen LogP contribution in [0.3, 0.4) is 0 Å². The number of hydrogen-bond acceptors (Lipinski definition) is 3. The second kappa shape index (κ2) is 7.22. The summed E-state index contributed by atoms with van der Waals surface area (Å²) in [4.78, 5) is 0. The molecule has 0 amide bonds. The summed E-state index contributed by atoms with van der Waals surface area (Å²) in [6.07, 6.45) is 3.11. The van der Waals surface area contributed by atoms with Gasteiger partial charge in [0.25, 0.3) is 0 Å². The Balaban J connectivity index is 2.17. The van der Waals surface area contributed by atoms with Crippen molar-refractivity contribution in [2.45, 2.75) is 53.8 Å². The second-order valence-electron chi connectivity index (χ2n) is 5.25. The summed E-state index contributed by atoms with van der Waals surface area (Å²) in [6.45, 7) is 12.0. The minimum Gasteiger partial charge on any atom is -0.313 e. The van der Waals surface area contributed by atoms with E-state index in [-0.39, 0.29) is 0 Å². The fraction of sp³-hybridized carbons (Fsp3) is 0.600. The number of nitrogens with zero attached hydrogens (tertiary/aromatic N) is 4. The van der Waals surface area contributed by atoms with E-state index in [1.54, 1.807) is 0 Å². The first-order chi connectivity index (χ1) is 10.1. The fourth-order valence-corrected chi connectivity index (χ4v) is 2.79. The Kier molecular flexibility index (Phi) is 5.58. The third kappa shape index (κ3) is 3.55. The van der Waals surface area contributed by atoms with Gasteiger partial charge in [0.2, 0.25) is 0 Å². The highest BCUT2D eigenvalue weighted by Crippen LogP contribution is 2.22. The smallest absolute Gasteiger partial charge is 0.0842 e. The van der Waals surface area contributed by atoms with Crippen molar-refractivity contribution in [1.29, 1.82) is 0 Å². The summed E-state index contributed by atoms with van der Waals surface area (Å²) in [7, 11) is 0. The Morgan fingerprint density at radius 2 is 2.00 bits per heavy atom. The SMILES string of the molecule is CCCNCc1cnn(Cc2c(Br)c(C)nn2CC)c1C. The summed E-state index contributed by atoms with van der Waals surface area (Å²) in [5.41, 5.74) is 4.68. The van der Waals surface area contributed by atoms with Crippen LogP contribution in [0.15, 0.2) is 10.7 Å². The van der Waals surface area contributed by atoms with Crippen molar-refractivity contribution in [3.05, 3.63) is 33.3 Å². The predicted molar refractivity (Wildman–Crippen MR) is 88.4 cm³/mol. The van der Waals surface area contributed by atoms with Gasteiger partial charge in [0.05, 0.1) is 28.6 Å². The van der Waals surface area contributed by atoms with Gasteiger partial charge in [-0.3, -0.25) is 9.36 Å². The fourth-order valence-electron chi connectivity index (χ4n) is 2.38. The number of aromatic nitrogens is 4. The van der Waals surface area contributed by atoms with Gasteiger partial charge in [-0.15, -0.1) is 0 Å². The lowest BCUT2D eigenvalue weighted by molar-refractivity contribution is 0.566. The lowest BCUT2D eigenvalue weighted by atomic mass is 10.2. The summed E-state index contributed by atoms with van der Waals surface area (Å²) >= 11 is 3.65. The van der Waals surface area contributed by atoms with E-state index in [4.69, 9.17) is 0 Å². The Hall–Kier alpha value is -1.14. The Morgan fingerprint density at radius 3 is 2.67 bits per heavy atom. The average Bonchev–Trinajstić information content (AvgIpc) is 2.95. The molecule has 116 valence electrons. The van der Waals surface area contributed by atoms with Crippen LogP contribution in [0.1, 0.15) is 42.9 Å². The lowest BCUT2D eigenvalue weighted by Crippen LogP contribution is -2.15. The highest BCUT2D eigenvalue weighted by molar-refractivity contribution is 9.10. The van der Waals surface area contributed by atoms with Crippen LogP contribution in [0.4, 0.5) is 0 Å². The second-order valence-corrected chi connectivity index (χ2v) is 6.04. The molecule has 2 heterocycles. The summed E-state index contributed by atoms with van der Waals surface area (Å²) in [5.74, 6) is 0. The normalized spacial score (nSPS) is 11.3. The van der Waals surface area contributed by atoms with E-state index in [0.717, 1.165) is 42.8 Å². The standard InChI is InChI=1S/C15H24BrN5/c1-5-7-17-8-13-9-18-21(12(13)4)10-14-15(16)11(3)19-20(14)6-2/h9,17H,5-8,10H2,1-4H3. The van der Waals surface area contributed by atoms with Crippen LogP contribution in [-0.4, -0.2) is 26.1 Å². The quantitative estimate of drug-likeness (QED) is 0.778. The maximum Gasteiger partial charge on any atom is 0.0842 e. The molecule has 21 heavy (non-hydrogen) atoms. The molecule has 0 aromatic carbocycles. The summed E-state index contributed by atoms with van der Waals surface area (Å²) in [5, 5.41) is 12.5. The van der Waals surface area contributed by atoms with Crippen molar-refractivity contribution in [2.24, 2.45) is 0 Å². The maximum atomic E-state index is 4.54. The van der Waals surface area contributed by atoms with Gasteiger partial charge < -0.3 is 5.32 Å². The molecule has 0 saturated heterocycles. The van der Waals surface area contributed by atoms with E-state index < -0.39 is 0 Å². The van der Waals surface area contributed by atoms with Crippen LogP contribution in [0.25, 0.3) is 0 Å². The molecule has 0 saturated carbocycles. The molecule has 0 unspecified atom stereocenters. The first-order valence-corrected chi connectivity index (χ1v) is 8.31. The number of nitrogens with one attached hydrogen (secondary N) is 1.